The number of nitrogens with one attached hydrogen (secondary N) is 3. The molecule has 3 N–H and O–H groups in total. The molecule has 1 aromatic heterocycles. The van der Waals surface area contributed by atoms with E-state index < -0.39 is 0 Å². The zero-order valence-corrected chi connectivity index (χ0v) is 19.0. The summed E-state index contributed by atoms with van der Waals surface area (Å²) < 4.78 is 2.16. The van der Waals surface area contributed by atoms with Crippen molar-refractivity contribution >= 4 is 28.4 Å². The number of para-hydroxylation sites is 2. The summed E-state index contributed by atoms with van der Waals surface area (Å²) >= 11 is 0. The molecule has 0 aliphatic carbocycles. The van der Waals surface area contributed by atoms with E-state index in [2.05, 4.69) is 62.9 Å². The molecule has 0 radical (unpaired) electrons. The van der Waals surface area contributed by atoms with Crippen LogP contribution in [0.2, 0.25) is 0 Å². The summed E-state index contributed by atoms with van der Waals surface area (Å²) in [5, 5.41) is 11.0. The van der Waals surface area contributed by atoms with Gasteiger partial charge in [0.2, 0.25) is 11.8 Å². The van der Waals surface area contributed by atoms with Crippen LogP contribution in [0, 0.1) is 0 Å². The number of benzene rings is 2. The number of carbonyl (C=O) groups excluding carboxylic acids is 2. The summed E-state index contributed by atoms with van der Waals surface area (Å²) in [7, 11) is 2.07. The second-order valence-electron chi connectivity index (χ2n) is 9.16. The molecule has 33 heavy (non-hydrogen) atoms. The summed E-state index contributed by atoms with van der Waals surface area (Å²) in [6.07, 6.45) is 4.14. The first-order valence-corrected chi connectivity index (χ1v) is 11.7. The fourth-order valence-corrected chi connectivity index (χ4v) is 5.26. The van der Waals surface area contributed by atoms with Gasteiger partial charge in [0.25, 0.3) is 0 Å². The van der Waals surface area contributed by atoms with Crippen LogP contribution in [0.3, 0.4) is 0 Å². The largest absolute Gasteiger partial charge is 0.353 e. The van der Waals surface area contributed by atoms with E-state index in [9.17, 15) is 9.59 Å². The molecule has 2 saturated heterocycles. The highest BCUT2D eigenvalue weighted by Gasteiger charge is 2.43. The lowest BCUT2D eigenvalue weighted by Gasteiger charge is -2.37. The Bertz CT molecular complexity index is 1140. The van der Waals surface area contributed by atoms with Crippen LogP contribution in [-0.2, 0) is 23.2 Å². The van der Waals surface area contributed by atoms with Crippen molar-refractivity contribution in [3.63, 3.8) is 0 Å². The number of nitrogens with zero attached hydrogens (tertiary/aromatic N) is 2. The van der Waals surface area contributed by atoms with Crippen molar-refractivity contribution in [2.75, 3.05) is 18.4 Å². The van der Waals surface area contributed by atoms with Crippen molar-refractivity contribution in [3.8, 4) is 0 Å². The Hall–Kier alpha value is -3.16. The van der Waals surface area contributed by atoms with Crippen molar-refractivity contribution in [2.24, 2.45) is 7.05 Å². The third kappa shape index (κ3) is 4.65. The van der Waals surface area contributed by atoms with Gasteiger partial charge in [0.15, 0.2) is 0 Å². The van der Waals surface area contributed by atoms with Gasteiger partial charge >= 0.3 is 0 Å². The first-order chi connectivity index (χ1) is 16.1. The van der Waals surface area contributed by atoms with Gasteiger partial charge in [-0.25, -0.2) is 0 Å². The van der Waals surface area contributed by atoms with Crippen molar-refractivity contribution in [1.82, 2.24) is 20.1 Å². The van der Waals surface area contributed by atoms with Gasteiger partial charge in [0.05, 0.1) is 6.04 Å². The molecular weight excluding hydrogens is 414 g/mol. The molecule has 0 unspecified atom stereocenters. The Morgan fingerprint density at radius 2 is 1.91 bits per heavy atom. The van der Waals surface area contributed by atoms with E-state index in [1.807, 2.05) is 30.3 Å². The number of aromatic nitrogens is 1. The van der Waals surface area contributed by atoms with E-state index in [0.717, 1.165) is 31.6 Å². The average Bonchev–Trinajstić information content (AvgIpc) is 3.40. The highest BCUT2D eigenvalue weighted by atomic mass is 16.2. The topological polar surface area (TPSA) is 78.4 Å². The molecule has 3 atom stereocenters. The maximum absolute atomic E-state index is 12.5. The molecule has 2 aliphatic rings. The maximum Gasteiger partial charge on any atom is 0.237 e. The van der Waals surface area contributed by atoms with Gasteiger partial charge in [0, 0.05) is 68.0 Å². The summed E-state index contributed by atoms with van der Waals surface area (Å²) in [5.41, 5.74) is 3.32. The number of fused-ring (bicyclic) bond motifs is 2. The predicted molar refractivity (Wildman–Crippen MR) is 130 cm³/mol. The van der Waals surface area contributed by atoms with Gasteiger partial charge in [-0.2, -0.15) is 0 Å². The fraction of sp³-hybridized carbons (Fsp3) is 0.385. The van der Waals surface area contributed by atoms with Gasteiger partial charge in [-0.15, -0.1) is 0 Å². The monoisotopic (exact) mass is 445 g/mol. The molecule has 2 fully saturated rings. The molecule has 2 aliphatic heterocycles. The van der Waals surface area contributed by atoms with Crippen LogP contribution in [0.4, 0.5) is 5.69 Å². The van der Waals surface area contributed by atoms with Crippen LogP contribution in [0.1, 0.15) is 24.8 Å². The summed E-state index contributed by atoms with van der Waals surface area (Å²) in [4.78, 5) is 27.2. The lowest BCUT2D eigenvalue weighted by atomic mass is 10.0. The molecule has 0 spiro atoms. The number of amides is 2. The van der Waals surface area contributed by atoms with Crippen LogP contribution < -0.4 is 16.0 Å². The number of carbonyl (C=O) groups is 2. The van der Waals surface area contributed by atoms with E-state index in [-0.39, 0.29) is 29.9 Å². The van der Waals surface area contributed by atoms with Gasteiger partial charge in [-0.05, 0) is 36.6 Å². The minimum Gasteiger partial charge on any atom is -0.353 e. The van der Waals surface area contributed by atoms with Gasteiger partial charge in [-0.3, -0.25) is 14.5 Å². The van der Waals surface area contributed by atoms with E-state index in [0.29, 0.717) is 13.0 Å². The fourth-order valence-electron chi connectivity index (χ4n) is 5.26. The first kappa shape index (κ1) is 21.7. The Kier molecular flexibility index (Phi) is 6.15. The molecule has 3 aromatic rings. The third-order valence-corrected chi connectivity index (χ3v) is 6.95. The van der Waals surface area contributed by atoms with Gasteiger partial charge in [0.1, 0.15) is 0 Å². The molecule has 0 bridgehead atoms. The smallest absolute Gasteiger partial charge is 0.237 e. The van der Waals surface area contributed by atoms with Crippen LogP contribution in [0.5, 0.6) is 0 Å². The number of hydrogen-bond donors (Lipinski definition) is 3. The van der Waals surface area contributed by atoms with Crippen LogP contribution in [0.25, 0.3) is 10.9 Å². The third-order valence-electron chi connectivity index (χ3n) is 6.95. The van der Waals surface area contributed by atoms with Crippen LogP contribution >= 0.6 is 0 Å². The first-order valence-electron chi connectivity index (χ1n) is 11.7. The van der Waals surface area contributed by atoms with Gasteiger partial charge in [-0.1, -0.05) is 36.4 Å². The van der Waals surface area contributed by atoms with Crippen molar-refractivity contribution < 1.29 is 9.59 Å². The molecule has 7 heteroatoms. The number of hydrogen-bond acceptors (Lipinski definition) is 4. The number of aryl methyl sites for hydroxylation is 1. The zero-order chi connectivity index (χ0) is 22.8. The number of piperazine rings is 1. The second kappa shape index (κ2) is 9.37. The number of anilines is 1. The zero-order valence-electron chi connectivity index (χ0n) is 19.0. The lowest BCUT2D eigenvalue weighted by Crippen LogP contribution is -2.57. The Morgan fingerprint density at radius 3 is 2.76 bits per heavy atom. The molecule has 2 aromatic carbocycles. The standard InChI is InChI=1S/C26H31N5O2/c1-30-16-18(22-9-5-6-10-23(22)30)14-27-20-13-24-26(33)28-15-21(31(24)17-20)11-12-25(32)29-19-7-3-2-4-8-19/h2-10,16,20-21,24,27H,11-15,17H2,1H3,(H,28,33)(H,29,32)/t20-,21+,24-/m0/s1. The van der Waals surface area contributed by atoms with Crippen molar-refractivity contribution in [3.05, 3.63) is 66.4 Å². The maximum atomic E-state index is 12.5. The molecule has 5 rings (SSSR count). The quantitative estimate of drug-likeness (QED) is 0.523. The average molecular weight is 446 g/mol. The van der Waals surface area contributed by atoms with Crippen molar-refractivity contribution in [2.45, 2.75) is 43.9 Å². The minimum absolute atomic E-state index is 0.0134. The van der Waals surface area contributed by atoms with Crippen LogP contribution in [-0.4, -0.2) is 52.5 Å². The van der Waals surface area contributed by atoms with Gasteiger partial charge < -0.3 is 20.5 Å². The SMILES string of the molecule is Cn1cc(CN[C@H]2C[C@H]3C(=O)NC[C@@H](CCC(=O)Nc4ccccc4)N3C2)c2ccccc21. The Balaban J connectivity index is 1.18. The summed E-state index contributed by atoms with van der Waals surface area (Å²) in [5.74, 6) is 0.119. The lowest BCUT2D eigenvalue weighted by molar-refractivity contribution is -0.129. The molecule has 7 nitrogen and oxygen atoms in total. The summed E-state index contributed by atoms with van der Waals surface area (Å²) in [6.45, 7) is 2.20. The molecule has 3 heterocycles. The van der Waals surface area contributed by atoms with E-state index >= 15 is 0 Å². The molecule has 2 amide bonds. The van der Waals surface area contributed by atoms with E-state index in [1.165, 1.54) is 16.5 Å². The second-order valence-corrected chi connectivity index (χ2v) is 9.16. The Labute approximate surface area is 194 Å². The van der Waals surface area contributed by atoms with E-state index in [4.69, 9.17) is 0 Å². The minimum atomic E-state index is -0.119. The normalized spacial score (nSPS) is 22.8. The molecular formula is C26H31N5O2. The summed E-state index contributed by atoms with van der Waals surface area (Å²) in [6, 6.07) is 18.3. The van der Waals surface area contributed by atoms with Crippen LogP contribution in [0.15, 0.2) is 60.8 Å². The Morgan fingerprint density at radius 1 is 1.12 bits per heavy atom. The predicted octanol–water partition coefficient (Wildman–Crippen LogP) is 2.63. The highest BCUT2D eigenvalue weighted by Crippen LogP contribution is 2.27. The van der Waals surface area contributed by atoms with Crippen molar-refractivity contribution in [1.29, 1.82) is 0 Å². The number of rotatable bonds is 7. The highest BCUT2D eigenvalue weighted by molar-refractivity contribution is 5.90. The molecule has 0 saturated carbocycles. The van der Waals surface area contributed by atoms with E-state index in [1.54, 1.807) is 0 Å². The molecule has 172 valence electrons.